The van der Waals surface area contributed by atoms with E-state index >= 15 is 0 Å². The number of carbonyl (C=O) groups is 1. The number of carboxylic acids is 1. The van der Waals surface area contributed by atoms with Crippen LogP contribution in [0.2, 0.25) is 0 Å². The molecule has 0 bridgehead atoms. The number of hydrogen-bond acceptors (Lipinski definition) is 2. The van der Waals surface area contributed by atoms with Gasteiger partial charge in [0, 0.05) is 12.3 Å². The number of carboxylic acid groups (broad SMARTS) is 1. The van der Waals surface area contributed by atoms with Crippen molar-refractivity contribution >= 4 is 5.97 Å². The lowest BCUT2D eigenvalue weighted by Crippen LogP contribution is -2.44. The second kappa shape index (κ2) is 3.65. The maximum atomic E-state index is 11.4. The van der Waals surface area contributed by atoms with Crippen LogP contribution in [0, 0.1) is 0 Å². The fraction of sp³-hybridized carbons (Fsp3) is 0.400. The first-order chi connectivity index (χ1) is 6.52. The lowest BCUT2D eigenvalue weighted by molar-refractivity contribution is -0.147. The molecule has 1 N–H and O–H groups in total. The van der Waals surface area contributed by atoms with Crippen LogP contribution in [0.15, 0.2) is 29.2 Å². The predicted molar refractivity (Wildman–Crippen MR) is 52.3 cm³/mol. The van der Waals surface area contributed by atoms with Gasteiger partial charge >= 0.3 is 5.97 Å². The number of nitrogens with zero attached hydrogens (tertiary/aromatic N) is 1. The summed E-state index contributed by atoms with van der Waals surface area (Å²) in [5, 5.41) is 9.05. The zero-order valence-electron chi connectivity index (χ0n) is 8.23. The Hall–Kier alpha value is -1.58. The smallest absolute Gasteiger partial charge is 0.329 e. The van der Waals surface area contributed by atoms with Crippen molar-refractivity contribution in [3.63, 3.8) is 0 Å². The Morgan fingerprint density at radius 2 is 2.21 bits per heavy atom. The van der Waals surface area contributed by atoms with Gasteiger partial charge in [0.25, 0.3) is 5.56 Å². The minimum absolute atomic E-state index is 0.292. The normalized spacial score (nSPS) is 14.7. The zero-order valence-corrected chi connectivity index (χ0v) is 8.23. The zero-order chi connectivity index (χ0) is 10.8. The molecule has 0 spiro atoms. The number of rotatable bonds is 3. The summed E-state index contributed by atoms with van der Waals surface area (Å²) in [4.78, 5) is 22.5. The highest BCUT2D eigenvalue weighted by atomic mass is 16.4. The van der Waals surface area contributed by atoms with Crippen molar-refractivity contribution in [2.75, 3.05) is 0 Å². The number of aromatic nitrogens is 1. The maximum absolute atomic E-state index is 11.4. The molecule has 1 aromatic heterocycles. The molecule has 1 rings (SSSR count). The van der Waals surface area contributed by atoms with Crippen LogP contribution >= 0.6 is 0 Å². The molecule has 1 unspecified atom stereocenters. The molecule has 0 aliphatic carbocycles. The highest BCUT2D eigenvalue weighted by Gasteiger charge is 2.33. The summed E-state index contributed by atoms with van der Waals surface area (Å²) in [6.07, 6.45) is 1.87. The summed E-state index contributed by atoms with van der Waals surface area (Å²) < 4.78 is 1.25. The van der Waals surface area contributed by atoms with Gasteiger partial charge in [0.15, 0.2) is 0 Å². The fourth-order valence-corrected chi connectivity index (χ4v) is 1.26. The maximum Gasteiger partial charge on any atom is 0.329 e. The second-order valence-electron chi connectivity index (χ2n) is 3.34. The third-order valence-electron chi connectivity index (χ3n) is 2.50. The summed E-state index contributed by atoms with van der Waals surface area (Å²) in [6, 6.07) is 4.60. The molecule has 0 fully saturated rings. The number of pyridine rings is 1. The Kier molecular flexibility index (Phi) is 2.74. The summed E-state index contributed by atoms with van der Waals surface area (Å²) in [6.45, 7) is 3.28. The third kappa shape index (κ3) is 1.55. The van der Waals surface area contributed by atoms with Crippen LogP contribution in [-0.2, 0) is 10.3 Å². The Bertz CT molecular complexity index is 396. The Morgan fingerprint density at radius 1 is 1.57 bits per heavy atom. The molecule has 1 atom stereocenters. The monoisotopic (exact) mass is 195 g/mol. The molecule has 0 saturated carbocycles. The van der Waals surface area contributed by atoms with Crippen LogP contribution in [-0.4, -0.2) is 15.6 Å². The number of aliphatic carboxylic acids is 1. The van der Waals surface area contributed by atoms with Gasteiger partial charge in [-0.25, -0.2) is 4.79 Å². The van der Waals surface area contributed by atoms with Crippen molar-refractivity contribution in [2.24, 2.45) is 0 Å². The molecule has 0 saturated heterocycles. The van der Waals surface area contributed by atoms with Gasteiger partial charge in [0.2, 0.25) is 0 Å². The minimum atomic E-state index is -1.15. The molecule has 0 aliphatic rings. The van der Waals surface area contributed by atoms with Crippen LogP contribution in [0.3, 0.4) is 0 Å². The average Bonchev–Trinajstić information content (AvgIpc) is 2.17. The van der Waals surface area contributed by atoms with Gasteiger partial charge in [-0.1, -0.05) is 13.0 Å². The molecular weight excluding hydrogens is 182 g/mol. The van der Waals surface area contributed by atoms with E-state index in [0.717, 1.165) is 0 Å². The lowest BCUT2D eigenvalue weighted by atomic mass is 9.99. The van der Waals surface area contributed by atoms with Crippen molar-refractivity contribution in [3.05, 3.63) is 34.7 Å². The summed E-state index contributed by atoms with van der Waals surface area (Å²) >= 11 is 0. The molecular formula is C10H13NO3. The average molecular weight is 195 g/mol. The minimum Gasteiger partial charge on any atom is -0.479 e. The van der Waals surface area contributed by atoms with Gasteiger partial charge in [0.05, 0.1) is 0 Å². The van der Waals surface area contributed by atoms with Crippen LogP contribution in [0.5, 0.6) is 0 Å². The van der Waals surface area contributed by atoms with E-state index in [9.17, 15) is 9.59 Å². The van der Waals surface area contributed by atoms with Crippen molar-refractivity contribution in [1.82, 2.24) is 4.57 Å². The first-order valence-corrected chi connectivity index (χ1v) is 4.44. The summed E-state index contributed by atoms with van der Waals surface area (Å²) in [5.41, 5.74) is -1.45. The van der Waals surface area contributed by atoms with Crippen LogP contribution in [0.4, 0.5) is 0 Å². The third-order valence-corrected chi connectivity index (χ3v) is 2.50. The molecule has 4 heteroatoms. The molecule has 4 nitrogen and oxygen atoms in total. The largest absolute Gasteiger partial charge is 0.479 e. The first kappa shape index (κ1) is 10.5. The van der Waals surface area contributed by atoms with E-state index in [2.05, 4.69) is 0 Å². The van der Waals surface area contributed by atoms with Gasteiger partial charge in [-0.05, 0) is 19.4 Å². The topological polar surface area (TPSA) is 59.3 Å². The van der Waals surface area contributed by atoms with Crippen LogP contribution in [0.1, 0.15) is 20.3 Å². The summed E-state index contributed by atoms with van der Waals surface area (Å²) in [5.74, 6) is -0.992. The van der Waals surface area contributed by atoms with E-state index in [1.165, 1.54) is 23.8 Å². The van der Waals surface area contributed by atoms with E-state index < -0.39 is 11.5 Å². The van der Waals surface area contributed by atoms with E-state index in [4.69, 9.17) is 5.11 Å². The standard InChI is InChI=1S/C10H13NO3/c1-3-10(2,9(13)14)11-7-5-4-6-8(11)12/h4-7H,3H2,1-2H3,(H,13,14). The highest BCUT2D eigenvalue weighted by molar-refractivity contribution is 5.76. The van der Waals surface area contributed by atoms with Gasteiger partial charge in [-0.15, -0.1) is 0 Å². The lowest BCUT2D eigenvalue weighted by Gasteiger charge is -2.25. The molecule has 0 amide bonds. The Labute approximate surface area is 81.8 Å². The Morgan fingerprint density at radius 3 is 2.64 bits per heavy atom. The van der Waals surface area contributed by atoms with E-state index in [1.54, 1.807) is 19.1 Å². The van der Waals surface area contributed by atoms with Crippen molar-refractivity contribution in [3.8, 4) is 0 Å². The molecule has 1 aromatic rings. The van der Waals surface area contributed by atoms with E-state index in [-0.39, 0.29) is 5.56 Å². The van der Waals surface area contributed by atoms with Crippen LogP contribution in [0.25, 0.3) is 0 Å². The van der Waals surface area contributed by atoms with Gasteiger partial charge in [-0.3, -0.25) is 9.36 Å². The molecule has 76 valence electrons. The molecule has 14 heavy (non-hydrogen) atoms. The van der Waals surface area contributed by atoms with E-state index in [1.807, 2.05) is 0 Å². The molecule has 0 aromatic carbocycles. The predicted octanol–water partition coefficient (Wildman–Crippen LogP) is 1.06. The summed E-state index contributed by atoms with van der Waals surface area (Å²) in [7, 11) is 0. The quantitative estimate of drug-likeness (QED) is 0.784. The Balaban J connectivity index is 3.34. The van der Waals surface area contributed by atoms with Crippen LogP contribution < -0.4 is 5.56 Å². The first-order valence-electron chi connectivity index (χ1n) is 4.44. The molecule has 1 heterocycles. The van der Waals surface area contributed by atoms with E-state index in [0.29, 0.717) is 6.42 Å². The molecule has 0 aliphatic heterocycles. The van der Waals surface area contributed by atoms with Crippen molar-refractivity contribution in [2.45, 2.75) is 25.8 Å². The molecule has 0 radical (unpaired) electrons. The van der Waals surface area contributed by atoms with Crippen molar-refractivity contribution in [1.29, 1.82) is 0 Å². The SMILES string of the molecule is CCC(C)(C(=O)O)n1ccccc1=O. The van der Waals surface area contributed by atoms with Gasteiger partial charge < -0.3 is 5.11 Å². The fourth-order valence-electron chi connectivity index (χ4n) is 1.26. The highest BCUT2D eigenvalue weighted by Crippen LogP contribution is 2.17. The second-order valence-corrected chi connectivity index (χ2v) is 3.34. The van der Waals surface area contributed by atoms with Gasteiger partial charge in [-0.2, -0.15) is 0 Å². The van der Waals surface area contributed by atoms with Gasteiger partial charge in [0.1, 0.15) is 5.54 Å². The van der Waals surface area contributed by atoms with Crippen molar-refractivity contribution < 1.29 is 9.90 Å². The number of hydrogen-bond donors (Lipinski definition) is 1.